The van der Waals surface area contributed by atoms with Gasteiger partial charge < -0.3 is 14.8 Å². The van der Waals surface area contributed by atoms with Crippen LogP contribution in [0.5, 0.6) is 0 Å². The quantitative estimate of drug-likeness (QED) is 0.860. The molecule has 1 saturated heterocycles. The van der Waals surface area contributed by atoms with Crippen LogP contribution in [0.25, 0.3) is 0 Å². The molecule has 3 rings (SSSR count). The van der Waals surface area contributed by atoms with Crippen molar-refractivity contribution in [3.05, 3.63) is 40.7 Å². The Hall–Kier alpha value is -2.15. The summed E-state index contributed by atoms with van der Waals surface area (Å²) in [6.07, 6.45) is 10.7. The lowest BCUT2D eigenvalue weighted by Crippen LogP contribution is -2.47. The maximum Gasteiger partial charge on any atom is 0.293 e. The summed E-state index contributed by atoms with van der Waals surface area (Å²) >= 11 is 0. The topological polar surface area (TPSA) is 68.0 Å². The Balaban J connectivity index is 1.59. The number of piperidine rings is 1. The van der Waals surface area contributed by atoms with Crippen LogP contribution in [0.4, 0.5) is 5.82 Å². The molecule has 0 radical (unpaired) electrons. The summed E-state index contributed by atoms with van der Waals surface area (Å²) in [5.74, 6) is 0.558. The zero-order chi connectivity index (χ0) is 16.9. The molecular weight excluding hydrogens is 304 g/mol. The van der Waals surface area contributed by atoms with Gasteiger partial charge >= 0.3 is 0 Å². The van der Waals surface area contributed by atoms with Gasteiger partial charge in [-0.3, -0.25) is 9.48 Å². The third-order valence-corrected chi connectivity index (χ3v) is 4.45. The van der Waals surface area contributed by atoms with Gasteiger partial charge in [-0.1, -0.05) is 6.92 Å². The molecule has 7 nitrogen and oxygen atoms in total. The standard InChI is InChI=1S/C17H26N6O/c1-3-7-23-12-14(11-20-23)10-19-15-5-4-8-22(13-15)16-17(24)21(2)9-6-18-16/h6,9,11-12,15,19H,3-5,7-8,10,13H2,1-2H3/t15-/m1/s1. The molecule has 130 valence electrons. The summed E-state index contributed by atoms with van der Waals surface area (Å²) in [6.45, 7) is 5.62. The monoisotopic (exact) mass is 330 g/mol. The van der Waals surface area contributed by atoms with Crippen molar-refractivity contribution in [2.45, 2.75) is 45.3 Å². The highest BCUT2D eigenvalue weighted by Crippen LogP contribution is 2.15. The number of hydrogen-bond donors (Lipinski definition) is 1. The second kappa shape index (κ2) is 7.61. The zero-order valence-electron chi connectivity index (χ0n) is 14.5. The van der Waals surface area contributed by atoms with E-state index in [0.29, 0.717) is 11.9 Å². The van der Waals surface area contributed by atoms with Gasteiger partial charge in [0.2, 0.25) is 0 Å². The van der Waals surface area contributed by atoms with Crippen molar-refractivity contribution < 1.29 is 0 Å². The minimum atomic E-state index is -0.0287. The van der Waals surface area contributed by atoms with E-state index in [1.807, 2.05) is 10.9 Å². The van der Waals surface area contributed by atoms with Crippen molar-refractivity contribution in [1.29, 1.82) is 0 Å². The highest BCUT2D eigenvalue weighted by Gasteiger charge is 2.22. The largest absolute Gasteiger partial charge is 0.350 e. The summed E-state index contributed by atoms with van der Waals surface area (Å²) in [4.78, 5) is 18.6. The predicted molar refractivity (Wildman–Crippen MR) is 94.1 cm³/mol. The summed E-state index contributed by atoms with van der Waals surface area (Å²) < 4.78 is 3.57. The molecule has 1 aliphatic rings. The van der Waals surface area contributed by atoms with Crippen LogP contribution >= 0.6 is 0 Å². The van der Waals surface area contributed by atoms with Gasteiger partial charge in [0.25, 0.3) is 5.56 Å². The Morgan fingerprint density at radius 2 is 2.29 bits per heavy atom. The van der Waals surface area contributed by atoms with E-state index < -0.39 is 0 Å². The number of nitrogens with one attached hydrogen (secondary N) is 1. The van der Waals surface area contributed by atoms with Crippen molar-refractivity contribution >= 4 is 5.82 Å². The van der Waals surface area contributed by atoms with Gasteiger partial charge in [0.15, 0.2) is 5.82 Å². The Morgan fingerprint density at radius 1 is 1.42 bits per heavy atom. The maximum absolute atomic E-state index is 12.2. The number of rotatable bonds is 6. The van der Waals surface area contributed by atoms with E-state index in [2.05, 4.69) is 33.4 Å². The number of aryl methyl sites for hydroxylation is 2. The Labute approximate surface area is 142 Å². The Morgan fingerprint density at radius 3 is 3.12 bits per heavy atom. The SMILES string of the molecule is CCCn1cc(CN[C@@H]2CCCN(c3nccn(C)c3=O)C2)cn1. The first kappa shape index (κ1) is 16.7. The molecule has 0 spiro atoms. The number of nitrogens with zero attached hydrogens (tertiary/aromatic N) is 5. The minimum absolute atomic E-state index is 0.0287. The fraction of sp³-hybridized carbons (Fsp3) is 0.588. The van der Waals surface area contributed by atoms with E-state index in [9.17, 15) is 4.79 Å². The number of hydrogen-bond acceptors (Lipinski definition) is 5. The third kappa shape index (κ3) is 3.84. The van der Waals surface area contributed by atoms with Crippen LogP contribution in [-0.4, -0.2) is 38.5 Å². The van der Waals surface area contributed by atoms with Gasteiger partial charge in [0.1, 0.15) is 0 Å². The van der Waals surface area contributed by atoms with Gasteiger partial charge in [0, 0.05) is 63.4 Å². The molecule has 2 aromatic heterocycles. The molecule has 24 heavy (non-hydrogen) atoms. The molecule has 0 aromatic carbocycles. The molecule has 1 fully saturated rings. The smallest absolute Gasteiger partial charge is 0.293 e. The van der Waals surface area contributed by atoms with Crippen LogP contribution in [0.3, 0.4) is 0 Å². The molecule has 0 aliphatic carbocycles. The van der Waals surface area contributed by atoms with E-state index in [-0.39, 0.29) is 5.56 Å². The van der Waals surface area contributed by atoms with Crippen LogP contribution < -0.4 is 15.8 Å². The molecule has 1 N–H and O–H groups in total. The van der Waals surface area contributed by atoms with E-state index in [0.717, 1.165) is 45.4 Å². The van der Waals surface area contributed by atoms with Crippen LogP contribution in [-0.2, 0) is 20.1 Å². The van der Waals surface area contributed by atoms with Gasteiger partial charge in [-0.25, -0.2) is 4.98 Å². The number of anilines is 1. The molecule has 2 aromatic rings. The molecule has 1 atom stereocenters. The van der Waals surface area contributed by atoms with Crippen molar-refractivity contribution in [3.8, 4) is 0 Å². The summed E-state index contributed by atoms with van der Waals surface area (Å²) in [5.41, 5.74) is 1.17. The normalized spacial score (nSPS) is 18.1. The van der Waals surface area contributed by atoms with Crippen molar-refractivity contribution in [2.75, 3.05) is 18.0 Å². The zero-order valence-corrected chi connectivity index (χ0v) is 14.5. The number of aromatic nitrogens is 4. The predicted octanol–water partition coefficient (Wildman–Crippen LogP) is 1.15. The van der Waals surface area contributed by atoms with Gasteiger partial charge in [-0.15, -0.1) is 0 Å². The average Bonchev–Trinajstić information content (AvgIpc) is 3.04. The molecule has 0 saturated carbocycles. The van der Waals surface area contributed by atoms with Crippen LogP contribution in [0, 0.1) is 0 Å². The van der Waals surface area contributed by atoms with Crippen molar-refractivity contribution in [2.24, 2.45) is 7.05 Å². The molecule has 3 heterocycles. The Kier molecular flexibility index (Phi) is 5.30. The fourth-order valence-electron chi connectivity index (χ4n) is 3.15. The average molecular weight is 330 g/mol. The molecule has 7 heteroatoms. The molecule has 0 unspecified atom stereocenters. The minimum Gasteiger partial charge on any atom is -0.350 e. The van der Waals surface area contributed by atoms with Crippen molar-refractivity contribution in [1.82, 2.24) is 24.6 Å². The summed E-state index contributed by atoms with van der Waals surface area (Å²) in [5, 5.41) is 7.96. The molecule has 0 bridgehead atoms. The fourth-order valence-corrected chi connectivity index (χ4v) is 3.15. The first-order valence-electron chi connectivity index (χ1n) is 8.68. The first-order chi connectivity index (χ1) is 11.7. The van der Waals surface area contributed by atoms with Gasteiger partial charge in [-0.05, 0) is 19.3 Å². The molecule has 1 aliphatic heterocycles. The van der Waals surface area contributed by atoms with Crippen molar-refractivity contribution in [3.63, 3.8) is 0 Å². The van der Waals surface area contributed by atoms with Gasteiger partial charge in [0.05, 0.1) is 6.20 Å². The summed E-state index contributed by atoms with van der Waals surface area (Å²) in [6, 6.07) is 0.361. The van der Waals surface area contributed by atoms with E-state index in [1.54, 1.807) is 24.0 Å². The first-order valence-corrected chi connectivity index (χ1v) is 8.68. The highest BCUT2D eigenvalue weighted by molar-refractivity contribution is 5.36. The highest BCUT2D eigenvalue weighted by atomic mass is 16.1. The lowest BCUT2D eigenvalue weighted by molar-refractivity contribution is 0.419. The molecule has 0 amide bonds. The van der Waals surface area contributed by atoms with E-state index in [4.69, 9.17) is 0 Å². The molecular formula is C17H26N6O. The second-order valence-electron chi connectivity index (χ2n) is 6.44. The summed E-state index contributed by atoms with van der Waals surface area (Å²) in [7, 11) is 1.77. The lowest BCUT2D eigenvalue weighted by Gasteiger charge is -2.33. The van der Waals surface area contributed by atoms with Crippen LogP contribution in [0.15, 0.2) is 29.6 Å². The van der Waals surface area contributed by atoms with Gasteiger partial charge in [-0.2, -0.15) is 5.10 Å². The van der Waals surface area contributed by atoms with Crippen LogP contribution in [0.2, 0.25) is 0 Å². The van der Waals surface area contributed by atoms with Crippen LogP contribution in [0.1, 0.15) is 31.7 Å². The van der Waals surface area contributed by atoms with E-state index >= 15 is 0 Å². The maximum atomic E-state index is 12.2. The van der Waals surface area contributed by atoms with E-state index in [1.165, 1.54) is 5.56 Å². The second-order valence-corrected chi connectivity index (χ2v) is 6.44. The Bertz CT molecular complexity index is 722. The lowest BCUT2D eigenvalue weighted by atomic mass is 10.1. The third-order valence-electron chi connectivity index (χ3n) is 4.45.